The zero-order chi connectivity index (χ0) is 26.6. The number of anilines is 2. The van der Waals surface area contributed by atoms with Crippen molar-refractivity contribution in [2.45, 2.75) is 57.4 Å². The van der Waals surface area contributed by atoms with Crippen molar-refractivity contribution in [2.24, 2.45) is 0 Å². The summed E-state index contributed by atoms with van der Waals surface area (Å²) in [5.74, 6) is 0.777. The third kappa shape index (κ3) is 5.21. The average Bonchev–Trinajstić information content (AvgIpc) is 3.08. The molecule has 0 fully saturated rings. The highest BCUT2D eigenvalue weighted by molar-refractivity contribution is 6.30. The van der Waals surface area contributed by atoms with Crippen molar-refractivity contribution >= 4 is 34.7 Å². The van der Waals surface area contributed by atoms with E-state index in [0.717, 1.165) is 47.5 Å². The molecule has 1 N–H and O–H groups in total. The molecule has 1 amide bonds. The normalized spacial score (nSPS) is 18.8. The van der Waals surface area contributed by atoms with E-state index in [1.165, 1.54) is 0 Å². The molecule has 3 aromatic rings. The third-order valence-electron chi connectivity index (χ3n) is 7.50. The van der Waals surface area contributed by atoms with Crippen molar-refractivity contribution < 1.29 is 14.3 Å². The molecular formula is C32H33ClN2O3. The van der Waals surface area contributed by atoms with Gasteiger partial charge in [0.2, 0.25) is 5.91 Å². The summed E-state index contributed by atoms with van der Waals surface area (Å²) in [5.41, 5.74) is 5.08. The molecule has 0 bridgehead atoms. The van der Waals surface area contributed by atoms with Gasteiger partial charge in [0, 0.05) is 29.1 Å². The van der Waals surface area contributed by atoms with Gasteiger partial charge in [0.15, 0.2) is 5.78 Å². The summed E-state index contributed by atoms with van der Waals surface area (Å²) in [6, 6.07) is 22.8. The van der Waals surface area contributed by atoms with Crippen molar-refractivity contribution in [1.29, 1.82) is 0 Å². The number of Topliss-reactive ketones (excluding diaryl/α,β-unsaturated/α-hetero) is 1. The second kappa shape index (κ2) is 11.4. The summed E-state index contributed by atoms with van der Waals surface area (Å²) in [5, 5.41) is 4.26. The standard InChI is InChI=1S/C32H33ClN2O3/c1-3-4-5-13-30(37)35-28-12-7-6-11-26(28)34-27-19-23(21-14-16-24(33)17-15-21)20-29(36)31(27)32(35)22-9-8-10-25(18-22)38-2/h6-12,14-18,23,32,34H,3-5,13,19-20H2,1-2H3/t23-,32-/m0/s1. The zero-order valence-corrected chi connectivity index (χ0v) is 22.6. The van der Waals surface area contributed by atoms with Crippen molar-refractivity contribution in [3.63, 3.8) is 0 Å². The maximum Gasteiger partial charge on any atom is 0.227 e. The number of rotatable bonds is 7. The number of carbonyl (C=O) groups excluding carboxylic acids is 2. The number of amides is 1. The quantitative estimate of drug-likeness (QED) is 0.317. The molecule has 0 aromatic heterocycles. The van der Waals surface area contributed by atoms with Crippen LogP contribution in [-0.4, -0.2) is 18.8 Å². The number of hydrogen-bond acceptors (Lipinski definition) is 4. The fourth-order valence-electron chi connectivity index (χ4n) is 5.61. The largest absolute Gasteiger partial charge is 0.497 e. The SMILES string of the molecule is CCCCCC(=O)N1c2ccccc2NC2=C(C(=O)C[C@@H](c3ccc(Cl)cc3)C2)[C@@H]1c1cccc(OC)c1. The number of ketones is 1. The highest BCUT2D eigenvalue weighted by Crippen LogP contribution is 2.48. The lowest BCUT2D eigenvalue weighted by Gasteiger charge is -2.35. The number of nitrogens with one attached hydrogen (secondary N) is 1. The van der Waals surface area contributed by atoms with Crippen LogP contribution in [0.5, 0.6) is 5.75 Å². The van der Waals surface area contributed by atoms with Crippen LogP contribution in [0, 0.1) is 0 Å². The van der Waals surface area contributed by atoms with Crippen LogP contribution in [0.3, 0.4) is 0 Å². The lowest BCUT2D eigenvalue weighted by atomic mass is 9.78. The minimum atomic E-state index is -0.552. The molecule has 6 heteroatoms. The van der Waals surface area contributed by atoms with E-state index in [2.05, 4.69) is 12.2 Å². The topological polar surface area (TPSA) is 58.6 Å². The Kier molecular flexibility index (Phi) is 7.85. The predicted molar refractivity (Wildman–Crippen MR) is 153 cm³/mol. The van der Waals surface area contributed by atoms with E-state index in [-0.39, 0.29) is 17.6 Å². The van der Waals surface area contributed by atoms with Gasteiger partial charge in [-0.25, -0.2) is 0 Å². The molecule has 2 aliphatic rings. The van der Waals surface area contributed by atoms with E-state index in [9.17, 15) is 9.59 Å². The van der Waals surface area contributed by atoms with Gasteiger partial charge in [-0.1, -0.05) is 67.8 Å². The summed E-state index contributed by atoms with van der Waals surface area (Å²) in [6.07, 6.45) is 4.29. The fraction of sp³-hybridized carbons (Fsp3) is 0.312. The van der Waals surface area contributed by atoms with Crippen LogP contribution in [0.15, 0.2) is 84.1 Å². The Labute approximate surface area is 229 Å². The van der Waals surface area contributed by atoms with E-state index in [4.69, 9.17) is 16.3 Å². The Hall–Kier alpha value is -3.57. The van der Waals surface area contributed by atoms with Gasteiger partial charge in [-0.05, 0) is 66.3 Å². The Morgan fingerprint density at radius 3 is 2.55 bits per heavy atom. The number of methoxy groups -OCH3 is 1. The Morgan fingerprint density at radius 2 is 1.79 bits per heavy atom. The van der Waals surface area contributed by atoms with E-state index >= 15 is 0 Å². The molecule has 5 nitrogen and oxygen atoms in total. The van der Waals surface area contributed by atoms with Gasteiger partial charge in [0.25, 0.3) is 0 Å². The van der Waals surface area contributed by atoms with Gasteiger partial charge in [-0.2, -0.15) is 0 Å². The van der Waals surface area contributed by atoms with Crippen LogP contribution in [0.4, 0.5) is 11.4 Å². The minimum absolute atomic E-state index is 0.0156. The molecule has 0 saturated heterocycles. The molecule has 0 saturated carbocycles. The minimum Gasteiger partial charge on any atom is -0.497 e. The highest BCUT2D eigenvalue weighted by atomic mass is 35.5. The summed E-state index contributed by atoms with van der Waals surface area (Å²) in [6.45, 7) is 2.13. The first-order valence-corrected chi connectivity index (χ1v) is 13.7. The molecule has 1 heterocycles. The molecule has 0 unspecified atom stereocenters. The van der Waals surface area contributed by atoms with Crippen LogP contribution < -0.4 is 15.0 Å². The van der Waals surface area contributed by atoms with Crippen molar-refractivity contribution in [3.8, 4) is 5.75 Å². The van der Waals surface area contributed by atoms with Crippen LogP contribution in [-0.2, 0) is 9.59 Å². The first-order chi connectivity index (χ1) is 18.5. The molecule has 0 radical (unpaired) electrons. The van der Waals surface area contributed by atoms with Crippen LogP contribution in [0.1, 0.15) is 68.5 Å². The predicted octanol–water partition coefficient (Wildman–Crippen LogP) is 7.83. The average molecular weight is 529 g/mol. The van der Waals surface area contributed by atoms with Gasteiger partial charge >= 0.3 is 0 Å². The van der Waals surface area contributed by atoms with Crippen molar-refractivity contribution in [1.82, 2.24) is 0 Å². The molecule has 3 aromatic carbocycles. The molecule has 1 aliphatic heterocycles. The van der Waals surface area contributed by atoms with Gasteiger partial charge < -0.3 is 10.1 Å². The Bertz CT molecular complexity index is 1370. The number of halogens is 1. The van der Waals surface area contributed by atoms with Crippen LogP contribution in [0.25, 0.3) is 0 Å². The molecule has 5 rings (SSSR count). The summed E-state index contributed by atoms with van der Waals surface area (Å²) >= 11 is 6.13. The number of unbranched alkanes of at least 4 members (excludes halogenated alkanes) is 2. The number of para-hydroxylation sites is 2. The number of carbonyl (C=O) groups is 2. The number of ether oxygens (including phenoxy) is 1. The second-order valence-electron chi connectivity index (χ2n) is 10.0. The second-order valence-corrected chi connectivity index (χ2v) is 10.5. The van der Waals surface area contributed by atoms with Crippen molar-refractivity contribution in [3.05, 3.63) is 100 Å². The van der Waals surface area contributed by atoms with Gasteiger partial charge in [-0.15, -0.1) is 0 Å². The molecular weight excluding hydrogens is 496 g/mol. The molecule has 0 spiro atoms. The lowest BCUT2D eigenvalue weighted by Crippen LogP contribution is -2.38. The monoisotopic (exact) mass is 528 g/mol. The first kappa shape index (κ1) is 26.1. The zero-order valence-electron chi connectivity index (χ0n) is 21.9. The number of fused-ring (bicyclic) bond motifs is 1. The third-order valence-corrected chi connectivity index (χ3v) is 7.75. The van der Waals surface area contributed by atoms with Gasteiger partial charge in [-0.3, -0.25) is 14.5 Å². The summed E-state index contributed by atoms with van der Waals surface area (Å²) < 4.78 is 5.54. The number of hydrogen-bond donors (Lipinski definition) is 1. The first-order valence-electron chi connectivity index (χ1n) is 13.3. The Morgan fingerprint density at radius 1 is 1.00 bits per heavy atom. The van der Waals surface area contributed by atoms with E-state index in [0.29, 0.717) is 35.6 Å². The number of allylic oxidation sites excluding steroid dienone is 1. The summed E-state index contributed by atoms with van der Waals surface area (Å²) in [7, 11) is 1.63. The van der Waals surface area contributed by atoms with E-state index < -0.39 is 6.04 Å². The molecule has 1 aliphatic carbocycles. The van der Waals surface area contributed by atoms with Crippen molar-refractivity contribution in [2.75, 3.05) is 17.3 Å². The highest BCUT2D eigenvalue weighted by Gasteiger charge is 2.41. The van der Waals surface area contributed by atoms with Gasteiger partial charge in [0.1, 0.15) is 5.75 Å². The van der Waals surface area contributed by atoms with Gasteiger partial charge in [0.05, 0.1) is 24.5 Å². The van der Waals surface area contributed by atoms with Crippen LogP contribution in [0.2, 0.25) is 5.02 Å². The van der Waals surface area contributed by atoms with E-state index in [1.54, 1.807) is 7.11 Å². The molecule has 196 valence electrons. The fourth-order valence-corrected chi connectivity index (χ4v) is 5.74. The Balaban J connectivity index is 1.67. The maximum absolute atomic E-state index is 14.1. The smallest absolute Gasteiger partial charge is 0.227 e. The summed E-state index contributed by atoms with van der Waals surface area (Å²) in [4.78, 5) is 29.8. The molecule has 38 heavy (non-hydrogen) atoms. The number of benzene rings is 3. The van der Waals surface area contributed by atoms with E-state index in [1.807, 2.05) is 77.7 Å². The maximum atomic E-state index is 14.1. The molecule has 2 atom stereocenters. The number of nitrogens with zero attached hydrogens (tertiary/aromatic N) is 1. The lowest BCUT2D eigenvalue weighted by molar-refractivity contribution is -0.119. The van der Waals surface area contributed by atoms with Crippen LogP contribution >= 0.6 is 11.6 Å².